The van der Waals surface area contributed by atoms with Crippen LogP contribution in [0.1, 0.15) is 56.8 Å². The van der Waals surface area contributed by atoms with E-state index in [1.54, 1.807) is 28.9 Å². The van der Waals surface area contributed by atoms with Crippen LogP contribution in [0.15, 0.2) is 59.3 Å². The largest absolute Gasteiger partial charge is 0.462 e. The lowest BCUT2D eigenvalue weighted by atomic mass is 9.82. The molecule has 4 aromatic rings. The summed E-state index contributed by atoms with van der Waals surface area (Å²) in [7, 11) is 0. The van der Waals surface area contributed by atoms with Crippen molar-refractivity contribution in [3.05, 3.63) is 60.4 Å². The zero-order valence-electron chi connectivity index (χ0n) is 21.5. The third-order valence-corrected chi connectivity index (χ3v) is 7.10. The van der Waals surface area contributed by atoms with E-state index < -0.39 is 5.97 Å². The Hall–Kier alpha value is -3.94. The van der Waals surface area contributed by atoms with E-state index in [9.17, 15) is 9.59 Å². The van der Waals surface area contributed by atoms with Crippen LogP contribution in [0.4, 0.5) is 5.82 Å². The number of fused-ring (bicyclic) bond motifs is 1. The van der Waals surface area contributed by atoms with Crippen molar-refractivity contribution in [2.24, 2.45) is 11.8 Å². The fourth-order valence-corrected chi connectivity index (χ4v) is 4.98. The maximum Gasteiger partial charge on any atom is 0.343 e. The fraction of sp³-hybridized carbons (Fsp3) is 0.379. The number of carbonyl (C=O) groups is 2. The van der Waals surface area contributed by atoms with E-state index in [1.165, 1.54) is 0 Å². The molecule has 0 saturated heterocycles. The third-order valence-electron chi connectivity index (χ3n) is 7.10. The Labute approximate surface area is 216 Å². The molecule has 1 saturated carbocycles. The quantitative estimate of drug-likeness (QED) is 0.288. The van der Waals surface area contributed by atoms with Crippen molar-refractivity contribution >= 4 is 28.8 Å². The van der Waals surface area contributed by atoms with Gasteiger partial charge in [-0.15, -0.1) is 5.10 Å². The van der Waals surface area contributed by atoms with E-state index in [4.69, 9.17) is 14.3 Å². The van der Waals surface area contributed by atoms with E-state index in [0.29, 0.717) is 18.3 Å². The first kappa shape index (κ1) is 24.7. The minimum atomic E-state index is -0.487. The molecule has 3 heterocycles. The molecule has 0 N–H and O–H groups in total. The highest BCUT2D eigenvalue weighted by Gasteiger charge is 2.32. The Morgan fingerprint density at radius 3 is 2.54 bits per heavy atom. The van der Waals surface area contributed by atoms with Gasteiger partial charge < -0.3 is 9.15 Å². The van der Waals surface area contributed by atoms with E-state index in [2.05, 4.69) is 11.9 Å². The van der Waals surface area contributed by atoms with Gasteiger partial charge in [-0.2, -0.15) is 0 Å². The number of ether oxygens (including phenoxy) is 1. The van der Waals surface area contributed by atoms with Gasteiger partial charge in [0, 0.05) is 36.5 Å². The lowest BCUT2D eigenvalue weighted by Crippen LogP contribution is -2.38. The first-order valence-electron chi connectivity index (χ1n) is 13.0. The fourth-order valence-electron chi connectivity index (χ4n) is 4.98. The number of rotatable bonds is 7. The minimum absolute atomic E-state index is 0.0269. The molecule has 0 unspecified atom stereocenters. The van der Waals surface area contributed by atoms with Crippen LogP contribution in [-0.4, -0.2) is 39.8 Å². The van der Waals surface area contributed by atoms with Crippen molar-refractivity contribution in [1.29, 1.82) is 0 Å². The summed E-state index contributed by atoms with van der Waals surface area (Å²) in [5, 5.41) is 4.71. The lowest BCUT2D eigenvalue weighted by molar-refractivity contribution is -0.123. The standard InChI is InChI=1S/C29H32N4O4/c1-4-32(28(34)21-10-8-19(3)9-11-21)27-23(29(35)36-5-2)18-33(31-27)22-14-12-20(13-15-22)26-17-24-25(37-26)7-6-16-30-24/h6-7,12-19,21H,4-5,8-11H2,1-3H3/t19-,21-. The minimum Gasteiger partial charge on any atom is -0.462 e. The van der Waals surface area contributed by atoms with Gasteiger partial charge in [-0.25, -0.2) is 9.48 Å². The highest BCUT2D eigenvalue weighted by molar-refractivity contribution is 6.02. The summed E-state index contributed by atoms with van der Waals surface area (Å²) >= 11 is 0. The zero-order chi connectivity index (χ0) is 25.9. The Balaban J connectivity index is 1.46. The molecule has 8 heteroatoms. The molecule has 1 aromatic carbocycles. The number of esters is 1. The van der Waals surface area contributed by atoms with Crippen LogP contribution >= 0.6 is 0 Å². The second kappa shape index (κ2) is 10.6. The van der Waals surface area contributed by atoms with Crippen LogP contribution in [0.2, 0.25) is 0 Å². The number of pyridine rings is 1. The molecule has 192 valence electrons. The monoisotopic (exact) mass is 500 g/mol. The summed E-state index contributed by atoms with van der Waals surface area (Å²) < 4.78 is 12.9. The predicted octanol–water partition coefficient (Wildman–Crippen LogP) is 6.04. The summed E-state index contributed by atoms with van der Waals surface area (Å²) in [6.45, 7) is 6.57. The number of aromatic nitrogens is 3. The molecule has 1 aliphatic carbocycles. The second-order valence-electron chi connectivity index (χ2n) is 9.62. The Bertz CT molecular complexity index is 1360. The van der Waals surface area contributed by atoms with Gasteiger partial charge in [0.25, 0.3) is 0 Å². The Morgan fingerprint density at radius 1 is 1.11 bits per heavy atom. The Kier molecular flexibility index (Phi) is 7.08. The number of benzene rings is 1. The molecule has 1 amide bonds. The van der Waals surface area contributed by atoms with Crippen LogP contribution in [-0.2, 0) is 9.53 Å². The zero-order valence-corrected chi connectivity index (χ0v) is 21.5. The number of hydrogen-bond donors (Lipinski definition) is 0. The van der Waals surface area contributed by atoms with Gasteiger partial charge in [0.2, 0.25) is 5.91 Å². The SMILES string of the molecule is CCOC(=O)c1cn(-c2ccc(-c3cc4ncccc4o3)cc2)nc1N(CC)C(=O)[C@H]1CC[C@H](C)CC1. The van der Waals surface area contributed by atoms with Gasteiger partial charge in [0.1, 0.15) is 16.8 Å². The molecular weight excluding hydrogens is 468 g/mol. The van der Waals surface area contributed by atoms with Crippen LogP contribution in [0.25, 0.3) is 28.1 Å². The summed E-state index contributed by atoms with van der Waals surface area (Å²) in [6, 6.07) is 13.3. The van der Waals surface area contributed by atoms with Gasteiger partial charge in [-0.05, 0) is 81.8 Å². The van der Waals surface area contributed by atoms with E-state index >= 15 is 0 Å². The number of nitrogens with zero attached hydrogens (tertiary/aromatic N) is 4. The summed E-state index contributed by atoms with van der Waals surface area (Å²) in [5.41, 5.74) is 3.47. The molecule has 1 aliphatic rings. The molecule has 8 nitrogen and oxygen atoms in total. The van der Waals surface area contributed by atoms with Crippen molar-refractivity contribution < 1.29 is 18.7 Å². The van der Waals surface area contributed by atoms with Crippen molar-refractivity contribution in [3.63, 3.8) is 0 Å². The summed E-state index contributed by atoms with van der Waals surface area (Å²) in [4.78, 5) is 32.3. The average Bonchev–Trinajstić information content (AvgIpc) is 3.55. The molecule has 0 atom stereocenters. The number of hydrogen-bond acceptors (Lipinski definition) is 6. The molecule has 37 heavy (non-hydrogen) atoms. The predicted molar refractivity (Wildman–Crippen MR) is 142 cm³/mol. The van der Waals surface area contributed by atoms with Crippen LogP contribution < -0.4 is 4.90 Å². The van der Waals surface area contributed by atoms with Crippen LogP contribution in [0.5, 0.6) is 0 Å². The number of carbonyl (C=O) groups excluding carboxylic acids is 2. The van der Waals surface area contributed by atoms with Crippen molar-refractivity contribution in [3.8, 4) is 17.0 Å². The summed E-state index contributed by atoms with van der Waals surface area (Å²) in [5.74, 6) is 1.20. The lowest BCUT2D eigenvalue weighted by Gasteiger charge is -2.29. The van der Waals surface area contributed by atoms with Crippen LogP contribution in [0.3, 0.4) is 0 Å². The van der Waals surface area contributed by atoms with Crippen molar-refractivity contribution in [1.82, 2.24) is 14.8 Å². The molecule has 0 bridgehead atoms. The topological polar surface area (TPSA) is 90.5 Å². The molecule has 0 spiro atoms. The molecule has 0 radical (unpaired) electrons. The van der Waals surface area contributed by atoms with Crippen LogP contribution in [0, 0.1) is 11.8 Å². The number of amides is 1. The normalized spacial score (nSPS) is 17.6. The molecule has 1 fully saturated rings. The molecule has 5 rings (SSSR count). The van der Waals surface area contributed by atoms with Crippen molar-refractivity contribution in [2.45, 2.75) is 46.5 Å². The molecular formula is C29H32N4O4. The maximum atomic E-state index is 13.5. The highest BCUT2D eigenvalue weighted by Crippen LogP contribution is 2.32. The summed E-state index contributed by atoms with van der Waals surface area (Å²) in [6.07, 6.45) is 7.20. The van der Waals surface area contributed by atoms with E-state index in [0.717, 1.165) is 53.8 Å². The van der Waals surface area contributed by atoms with E-state index in [1.807, 2.05) is 49.4 Å². The number of anilines is 1. The highest BCUT2D eigenvalue weighted by atomic mass is 16.5. The maximum absolute atomic E-state index is 13.5. The van der Waals surface area contributed by atoms with E-state index in [-0.39, 0.29) is 24.0 Å². The molecule has 0 aliphatic heterocycles. The second-order valence-corrected chi connectivity index (χ2v) is 9.62. The van der Waals surface area contributed by atoms with Gasteiger partial charge in [0.05, 0.1) is 12.3 Å². The number of furan rings is 1. The first-order chi connectivity index (χ1) is 18.0. The molecule has 3 aromatic heterocycles. The smallest absolute Gasteiger partial charge is 0.343 e. The van der Waals surface area contributed by atoms with Gasteiger partial charge in [0.15, 0.2) is 11.4 Å². The van der Waals surface area contributed by atoms with Gasteiger partial charge in [-0.3, -0.25) is 14.7 Å². The average molecular weight is 501 g/mol. The Morgan fingerprint density at radius 2 is 1.86 bits per heavy atom. The van der Waals surface area contributed by atoms with Crippen molar-refractivity contribution in [2.75, 3.05) is 18.1 Å². The van der Waals surface area contributed by atoms with Gasteiger partial charge in [-0.1, -0.05) is 6.92 Å². The first-order valence-corrected chi connectivity index (χ1v) is 13.0. The van der Waals surface area contributed by atoms with Gasteiger partial charge >= 0.3 is 5.97 Å². The third kappa shape index (κ3) is 5.01.